The van der Waals surface area contributed by atoms with E-state index in [0.717, 1.165) is 5.75 Å². The van der Waals surface area contributed by atoms with Crippen LogP contribution in [0.5, 0.6) is 11.5 Å². The van der Waals surface area contributed by atoms with E-state index in [0.29, 0.717) is 44.3 Å². The van der Waals surface area contributed by atoms with Crippen LogP contribution >= 0.6 is 0 Å². The number of hydrogen-bond acceptors (Lipinski definition) is 7. The second kappa shape index (κ2) is 10.3. The third-order valence-electron chi connectivity index (χ3n) is 5.95. The number of ether oxygens (including phenoxy) is 5. The van der Waals surface area contributed by atoms with Crippen molar-refractivity contribution < 1.29 is 33.3 Å². The van der Waals surface area contributed by atoms with Crippen molar-refractivity contribution in [1.82, 2.24) is 10.2 Å². The zero-order chi connectivity index (χ0) is 23.3. The molecule has 3 fully saturated rings. The average Bonchev–Trinajstić information content (AvgIpc) is 3.45. The Kier molecular flexibility index (Phi) is 6.79. The van der Waals surface area contributed by atoms with Crippen LogP contribution in [0, 0.1) is 0 Å². The van der Waals surface area contributed by atoms with Crippen LogP contribution in [0.25, 0.3) is 0 Å². The predicted molar refractivity (Wildman–Crippen MR) is 121 cm³/mol. The van der Waals surface area contributed by atoms with Gasteiger partial charge in [-0.3, -0.25) is 5.32 Å². The van der Waals surface area contributed by atoms with Gasteiger partial charge < -0.3 is 33.9 Å². The van der Waals surface area contributed by atoms with E-state index < -0.39 is 18.3 Å². The Morgan fingerprint density at radius 3 is 2.35 bits per heavy atom. The number of morpholine rings is 1. The number of nitrogens with zero attached hydrogens (tertiary/aromatic N) is 1. The normalized spacial score (nSPS) is 25.9. The van der Waals surface area contributed by atoms with E-state index in [1.807, 2.05) is 30.3 Å². The summed E-state index contributed by atoms with van der Waals surface area (Å²) in [5.74, 6) is 1.39. The van der Waals surface area contributed by atoms with E-state index in [2.05, 4.69) is 10.6 Å². The van der Waals surface area contributed by atoms with Crippen LogP contribution in [-0.2, 0) is 18.9 Å². The number of anilines is 1. The summed E-state index contributed by atoms with van der Waals surface area (Å²) in [4.78, 5) is 26.6. The van der Waals surface area contributed by atoms with E-state index in [9.17, 15) is 9.59 Å². The molecular weight excluding hydrogens is 442 g/mol. The van der Waals surface area contributed by atoms with Crippen molar-refractivity contribution >= 4 is 17.8 Å². The van der Waals surface area contributed by atoms with Gasteiger partial charge in [-0.15, -0.1) is 0 Å². The second-order valence-corrected chi connectivity index (χ2v) is 8.26. The molecule has 3 saturated heterocycles. The number of carbonyl (C=O) groups excluding carboxylic acids is 2. The molecule has 5 rings (SSSR count). The van der Waals surface area contributed by atoms with Gasteiger partial charge in [-0.25, -0.2) is 9.59 Å². The fourth-order valence-electron chi connectivity index (χ4n) is 4.22. The van der Waals surface area contributed by atoms with Crippen LogP contribution in [0.4, 0.5) is 15.3 Å². The molecule has 2 aromatic carbocycles. The van der Waals surface area contributed by atoms with Gasteiger partial charge in [-0.05, 0) is 36.4 Å². The summed E-state index contributed by atoms with van der Waals surface area (Å²) >= 11 is 0. The largest absolute Gasteiger partial charge is 0.457 e. The summed E-state index contributed by atoms with van der Waals surface area (Å²) in [5.41, 5.74) is 0.573. The molecule has 2 aromatic rings. The van der Waals surface area contributed by atoms with Crippen LogP contribution in [-0.4, -0.2) is 80.9 Å². The van der Waals surface area contributed by atoms with Crippen molar-refractivity contribution in [2.45, 2.75) is 24.4 Å². The maximum Gasteiger partial charge on any atom is 0.412 e. The molecule has 4 atom stereocenters. The van der Waals surface area contributed by atoms with Crippen LogP contribution < -0.4 is 15.4 Å². The second-order valence-electron chi connectivity index (χ2n) is 8.26. The maximum absolute atomic E-state index is 12.5. The number of fused-ring (bicyclic) bond motifs is 1. The van der Waals surface area contributed by atoms with E-state index in [4.69, 9.17) is 23.7 Å². The smallest absolute Gasteiger partial charge is 0.412 e. The van der Waals surface area contributed by atoms with Gasteiger partial charge in [-0.2, -0.15) is 0 Å². The molecule has 0 bridgehead atoms. The third kappa shape index (κ3) is 5.24. The predicted octanol–water partition coefficient (Wildman–Crippen LogP) is 2.60. The highest BCUT2D eigenvalue weighted by Gasteiger charge is 2.50. The lowest BCUT2D eigenvalue weighted by Gasteiger charge is -2.29. The fourth-order valence-corrected chi connectivity index (χ4v) is 4.22. The number of hydrogen-bond donors (Lipinski definition) is 2. The topological polar surface area (TPSA) is 108 Å². The SMILES string of the molecule is O=C(Nc1ccc(Oc2ccccc2)cc1)O[C@@H]1CO[C@H]2[C@@H]1OC[C@@H]2NC(=O)N1CCOCC1. The summed E-state index contributed by atoms with van der Waals surface area (Å²) in [5, 5.41) is 5.68. The number of nitrogens with one attached hydrogen (secondary N) is 2. The molecule has 0 unspecified atom stereocenters. The lowest BCUT2D eigenvalue weighted by atomic mass is 10.1. The number of carbonyl (C=O) groups is 2. The van der Waals surface area contributed by atoms with Gasteiger partial charge in [-0.1, -0.05) is 18.2 Å². The molecule has 10 nitrogen and oxygen atoms in total. The molecule has 10 heteroatoms. The van der Waals surface area contributed by atoms with Crippen LogP contribution in [0.3, 0.4) is 0 Å². The molecule has 3 heterocycles. The maximum atomic E-state index is 12.5. The molecule has 3 aliphatic rings. The molecule has 0 saturated carbocycles. The standard InChI is InChI=1S/C24H27N3O7/c28-23(27-10-12-30-13-11-27)26-19-14-31-22-20(15-32-21(19)22)34-24(29)25-16-6-8-18(9-7-16)33-17-4-2-1-3-5-17/h1-9,19-22H,10-15H2,(H,25,29)(H,26,28)/t19-,20+,21+,22+/m0/s1. The summed E-state index contributed by atoms with van der Waals surface area (Å²) in [6.45, 7) is 2.68. The van der Waals surface area contributed by atoms with Gasteiger partial charge in [0.25, 0.3) is 0 Å². The Morgan fingerprint density at radius 2 is 1.59 bits per heavy atom. The number of benzene rings is 2. The Morgan fingerprint density at radius 1 is 0.882 bits per heavy atom. The van der Waals surface area contributed by atoms with E-state index in [1.165, 1.54) is 0 Å². The van der Waals surface area contributed by atoms with Gasteiger partial charge >= 0.3 is 12.1 Å². The summed E-state index contributed by atoms with van der Waals surface area (Å²) in [6, 6.07) is 16.0. The zero-order valence-corrected chi connectivity index (χ0v) is 18.6. The molecule has 0 spiro atoms. The molecular formula is C24H27N3O7. The van der Waals surface area contributed by atoms with Gasteiger partial charge in [0, 0.05) is 18.8 Å². The fraction of sp³-hybridized carbons (Fsp3) is 0.417. The summed E-state index contributed by atoms with van der Waals surface area (Å²) in [7, 11) is 0. The Balaban J connectivity index is 1.09. The number of rotatable bonds is 5. The molecule has 3 aliphatic heterocycles. The lowest BCUT2D eigenvalue weighted by Crippen LogP contribution is -2.52. The highest BCUT2D eigenvalue weighted by atomic mass is 16.6. The average molecular weight is 469 g/mol. The first kappa shape index (κ1) is 22.5. The van der Waals surface area contributed by atoms with Crippen molar-refractivity contribution in [3.63, 3.8) is 0 Å². The van der Waals surface area contributed by atoms with Gasteiger partial charge in [0.15, 0.2) is 6.10 Å². The highest BCUT2D eigenvalue weighted by molar-refractivity contribution is 5.84. The van der Waals surface area contributed by atoms with Crippen molar-refractivity contribution in [3.05, 3.63) is 54.6 Å². The van der Waals surface area contributed by atoms with E-state index >= 15 is 0 Å². The quantitative estimate of drug-likeness (QED) is 0.693. The minimum Gasteiger partial charge on any atom is -0.457 e. The minimum absolute atomic E-state index is 0.164. The summed E-state index contributed by atoms with van der Waals surface area (Å²) < 4.78 is 28.2. The number of urea groups is 1. The minimum atomic E-state index is -0.601. The summed E-state index contributed by atoms with van der Waals surface area (Å²) in [6.07, 6.45) is -1.95. The Hall–Kier alpha value is -3.34. The Bertz CT molecular complexity index is 982. The molecule has 2 N–H and O–H groups in total. The third-order valence-corrected chi connectivity index (χ3v) is 5.95. The first-order chi connectivity index (χ1) is 16.7. The van der Waals surface area contributed by atoms with E-state index in [1.54, 1.807) is 29.2 Å². The van der Waals surface area contributed by atoms with E-state index in [-0.39, 0.29) is 24.8 Å². The number of para-hydroxylation sites is 1. The zero-order valence-electron chi connectivity index (χ0n) is 18.6. The van der Waals surface area contributed by atoms with Gasteiger partial charge in [0.1, 0.15) is 23.7 Å². The van der Waals surface area contributed by atoms with Crippen LogP contribution in [0.15, 0.2) is 54.6 Å². The molecule has 0 aliphatic carbocycles. The number of amides is 3. The van der Waals surface area contributed by atoms with Crippen LogP contribution in [0.2, 0.25) is 0 Å². The molecule has 0 radical (unpaired) electrons. The lowest BCUT2D eigenvalue weighted by molar-refractivity contribution is 0.00852. The molecule has 0 aromatic heterocycles. The monoisotopic (exact) mass is 469 g/mol. The van der Waals surface area contributed by atoms with Crippen molar-refractivity contribution in [1.29, 1.82) is 0 Å². The van der Waals surface area contributed by atoms with Crippen LogP contribution in [0.1, 0.15) is 0 Å². The van der Waals surface area contributed by atoms with Gasteiger partial charge in [0.05, 0.1) is 32.5 Å². The Labute approximate surface area is 197 Å². The molecule has 3 amide bonds. The molecule has 180 valence electrons. The van der Waals surface area contributed by atoms with Crippen molar-refractivity contribution in [2.75, 3.05) is 44.8 Å². The molecule has 34 heavy (non-hydrogen) atoms. The van der Waals surface area contributed by atoms with Crippen molar-refractivity contribution in [3.8, 4) is 11.5 Å². The first-order valence-corrected chi connectivity index (χ1v) is 11.3. The van der Waals surface area contributed by atoms with Crippen molar-refractivity contribution in [2.24, 2.45) is 0 Å². The van der Waals surface area contributed by atoms with Gasteiger partial charge in [0.2, 0.25) is 0 Å². The first-order valence-electron chi connectivity index (χ1n) is 11.3. The highest BCUT2D eigenvalue weighted by Crippen LogP contribution is 2.29.